The van der Waals surface area contributed by atoms with Crippen LogP contribution in [0.3, 0.4) is 0 Å². The summed E-state index contributed by atoms with van der Waals surface area (Å²) in [5.74, 6) is -0.711. The minimum absolute atomic E-state index is 0.0402. The number of rotatable bonds is 4. The molecule has 0 fully saturated rings. The second-order valence-corrected chi connectivity index (χ2v) is 4.08. The third-order valence-corrected chi connectivity index (χ3v) is 2.60. The van der Waals surface area contributed by atoms with Gasteiger partial charge in [-0.25, -0.2) is 9.37 Å². The standard InChI is InChI=1S/C13H12FN5O/c1-2-4-11-17-12(19-18-11)13(20)16-10-6-3-5-9(14)8(10)7-15/h3,5-6H,2,4H2,1H3,(H,16,20)(H,17,18,19). The van der Waals surface area contributed by atoms with E-state index in [-0.39, 0.29) is 17.1 Å². The molecule has 20 heavy (non-hydrogen) atoms. The molecule has 1 aromatic heterocycles. The lowest BCUT2D eigenvalue weighted by Gasteiger charge is -2.04. The molecule has 0 aliphatic heterocycles. The molecular weight excluding hydrogens is 261 g/mol. The van der Waals surface area contributed by atoms with E-state index in [2.05, 4.69) is 20.5 Å². The molecular formula is C13H12FN5O. The fourth-order valence-corrected chi connectivity index (χ4v) is 1.67. The number of anilines is 1. The van der Waals surface area contributed by atoms with E-state index in [1.54, 1.807) is 6.07 Å². The van der Waals surface area contributed by atoms with Crippen LogP contribution in [-0.4, -0.2) is 21.1 Å². The molecule has 2 aromatic rings. The molecule has 6 nitrogen and oxygen atoms in total. The number of H-pyrrole nitrogens is 1. The summed E-state index contributed by atoms with van der Waals surface area (Å²) in [6.07, 6.45) is 1.56. The smallest absolute Gasteiger partial charge is 0.295 e. The van der Waals surface area contributed by atoms with Gasteiger partial charge in [-0.2, -0.15) is 5.26 Å². The maximum Gasteiger partial charge on any atom is 0.295 e. The predicted octanol–water partition coefficient (Wildman–Crippen LogP) is 2.02. The molecule has 102 valence electrons. The zero-order valence-corrected chi connectivity index (χ0v) is 10.8. The maximum absolute atomic E-state index is 13.4. The lowest BCUT2D eigenvalue weighted by atomic mass is 10.2. The van der Waals surface area contributed by atoms with Crippen LogP contribution in [0.15, 0.2) is 18.2 Å². The lowest BCUT2D eigenvalue weighted by Crippen LogP contribution is -2.15. The van der Waals surface area contributed by atoms with Gasteiger partial charge in [-0.1, -0.05) is 13.0 Å². The van der Waals surface area contributed by atoms with Crippen LogP contribution in [0, 0.1) is 17.1 Å². The molecule has 0 saturated carbocycles. The SMILES string of the molecule is CCCc1nc(C(=O)Nc2cccc(F)c2C#N)n[nH]1. The number of aryl methyl sites for hydroxylation is 1. The quantitative estimate of drug-likeness (QED) is 0.891. The van der Waals surface area contributed by atoms with Gasteiger partial charge >= 0.3 is 0 Å². The van der Waals surface area contributed by atoms with Gasteiger partial charge in [0.25, 0.3) is 5.91 Å². The summed E-state index contributed by atoms with van der Waals surface area (Å²) in [5, 5.41) is 17.7. The van der Waals surface area contributed by atoms with Crippen molar-refractivity contribution in [1.82, 2.24) is 15.2 Å². The van der Waals surface area contributed by atoms with Crippen LogP contribution in [0.25, 0.3) is 0 Å². The zero-order valence-electron chi connectivity index (χ0n) is 10.8. The number of hydrogen-bond acceptors (Lipinski definition) is 4. The highest BCUT2D eigenvalue weighted by atomic mass is 19.1. The van der Waals surface area contributed by atoms with E-state index < -0.39 is 11.7 Å². The van der Waals surface area contributed by atoms with Gasteiger partial charge in [0, 0.05) is 6.42 Å². The molecule has 2 rings (SSSR count). The number of aromatic nitrogens is 3. The van der Waals surface area contributed by atoms with Crippen LogP contribution < -0.4 is 5.32 Å². The summed E-state index contributed by atoms with van der Waals surface area (Å²) in [4.78, 5) is 15.9. The first kappa shape index (κ1) is 13.7. The van der Waals surface area contributed by atoms with E-state index in [1.807, 2.05) is 6.92 Å². The highest BCUT2D eigenvalue weighted by molar-refractivity contribution is 6.02. The fraction of sp³-hybridized carbons (Fsp3) is 0.231. The Labute approximate surface area is 114 Å². The van der Waals surface area contributed by atoms with Crippen molar-refractivity contribution in [3.05, 3.63) is 41.2 Å². The number of nitriles is 1. The number of carbonyl (C=O) groups excluding carboxylic acids is 1. The number of aromatic amines is 1. The highest BCUT2D eigenvalue weighted by Gasteiger charge is 2.15. The van der Waals surface area contributed by atoms with Gasteiger partial charge in [0.15, 0.2) is 0 Å². The Morgan fingerprint density at radius 2 is 2.35 bits per heavy atom. The van der Waals surface area contributed by atoms with Crippen LogP contribution in [0.1, 0.15) is 35.4 Å². The van der Waals surface area contributed by atoms with Crippen molar-refractivity contribution < 1.29 is 9.18 Å². The maximum atomic E-state index is 13.4. The monoisotopic (exact) mass is 273 g/mol. The van der Waals surface area contributed by atoms with E-state index in [9.17, 15) is 9.18 Å². The van der Waals surface area contributed by atoms with Crippen molar-refractivity contribution in [3.8, 4) is 6.07 Å². The molecule has 1 heterocycles. The van der Waals surface area contributed by atoms with E-state index in [0.717, 1.165) is 12.5 Å². The second kappa shape index (κ2) is 5.93. The van der Waals surface area contributed by atoms with Crippen LogP contribution in [0.5, 0.6) is 0 Å². The van der Waals surface area contributed by atoms with Gasteiger partial charge in [0.05, 0.1) is 5.69 Å². The number of halogens is 1. The van der Waals surface area contributed by atoms with Gasteiger partial charge in [-0.05, 0) is 18.6 Å². The Morgan fingerprint density at radius 3 is 3.05 bits per heavy atom. The molecule has 0 bridgehead atoms. The Bertz CT molecular complexity index is 674. The molecule has 0 unspecified atom stereocenters. The van der Waals surface area contributed by atoms with E-state index in [0.29, 0.717) is 12.2 Å². The van der Waals surface area contributed by atoms with Crippen LogP contribution in [-0.2, 0) is 6.42 Å². The first-order chi connectivity index (χ1) is 9.65. The molecule has 1 amide bonds. The highest BCUT2D eigenvalue weighted by Crippen LogP contribution is 2.18. The molecule has 7 heteroatoms. The Hall–Kier alpha value is -2.75. The van der Waals surface area contributed by atoms with Gasteiger partial charge in [-0.15, -0.1) is 5.10 Å². The number of nitrogens with one attached hydrogen (secondary N) is 2. The summed E-state index contributed by atoms with van der Waals surface area (Å²) >= 11 is 0. The molecule has 0 radical (unpaired) electrons. The van der Waals surface area contributed by atoms with Gasteiger partial charge in [0.1, 0.15) is 23.3 Å². The second-order valence-electron chi connectivity index (χ2n) is 4.08. The Morgan fingerprint density at radius 1 is 1.55 bits per heavy atom. The van der Waals surface area contributed by atoms with Crippen LogP contribution >= 0.6 is 0 Å². The Balaban J connectivity index is 2.19. The fourth-order valence-electron chi connectivity index (χ4n) is 1.67. The average Bonchev–Trinajstić information content (AvgIpc) is 2.88. The van der Waals surface area contributed by atoms with Gasteiger partial charge < -0.3 is 5.32 Å². The molecule has 0 aliphatic carbocycles. The third-order valence-electron chi connectivity index (χ3n) is 2.60. The molecule has 0 atom stereocenters. The van der Waals surface area contributed by atoms with E-state index >= 15 is 0 Å². The predicted molar refractivity (Wildman–Crippen MR) is 69.4 cm³/mol. The molecule has 0 aliphatic rings. The van der Waals surface area contributed by atoms with Crippen molar-refractivity contribution in [2.75, 3.05) is 5.32 Å². The van der Waals surface area contributed by atoms with E-state index in [1.165, 1.54) is 12.1 Å². The van der Waals surface area contributed by atoms with E-state index in [4.69, 9.17) is 5.26 Å². The Kier molecular flexibility index (Phi) is 4.05. The molecule has 0 spiro atoms. The zero-order chi connectivity index (χ0) is 14.5. The number of benzene rings is 1. The summed E-state index contributed by atoms with van der Waals surface area (Å²) in [5.41, 5.74) is -0.121. The minimum Gasteiger partial charge on any atom is -0.318 e. The minimum atomic E-state index is -0.688. The van der Waals surface area contributed by atoms with Crippen LogP contribution in [0.2, 0.25) is 0 Å². The van der Waals surface area contributed by atoms with Crippen molar-refractivity contribution in [2.24, 2.45) is 0 Å². The van der Waals surface area contributed by atoms with Gasteiger partial charge in [-0.3, -0.25) is 9.89 Å². The van der Waals surface area contributed by atoms with Crippen molar-refractivity contribution in [3.63, 3.8) is 0 Å². The van der Waals surface area contributed by atoms with Crippen LogP contribution in [0.4, 0.5) is 10.1 Å². The first-order valence-corrected chi connectivity index (χ1v) is 6.07. The number of amides is 1. The third kappa shape index (κ3) is 2.80. The topological polar surface area (TPSA) is 94.5 Å². The number of nitrogens with zero attached hydrogens (tertiary/aromatic N) is 3. The van der Waals surface area contributed by atoms with Gasteiger partial charge in [0.2, 0.25) is 5.82 Å². The molecule has 2 N–H and O–H groups in total. The van der Waals surface area contributed by atoms with Crippen molar-refractivity contribution >= 4 is 11.6 Å². The lowest BCUT2D eigenvalue weighted by molar-refractivity contribution is 0.101. The average molecular weight is 273 g/mol. The largest absolute Gasteiger partial charge is 0.318 e. The summed E-state index contributed by atoms with van der Waals surface area (Å²) in [6.45, 7) is 1.98. The van der Waals surface area contributed by atoms with Crippen molar-refractivity contribution in [1.29, 1.82) is 5.26 Å². The molecule has 0 saturated heterocycles. The first-order valence-electron chi connectivity index (χ1n) is 6.07. The van der Waals surface area contributed by atoms with Crippen molar-refractivity contribution in [2.45, 2.75) is 19.8 Å². The number of hydrogen-bond donors (Lipinski definition) is 2. The summed E-state index contributed by atoms with van der Waals surface area (Å²) in [7, 11) is 0. The molecule has 1 aromatic carbocycles. The summed E-state index contributed by atoms with van der Waals surface area (Å²) < 4.78 is 13.4. The summed E-state index contributed by atoms with van der Waals surface area (Å²) in [6, 6.07) is 5.71. The number of carbonyl (C=O) groups is 1. The normalized spacial score (nSPS) is 10.1.